The van der Waals surface area contributed by atoms with E-state index < -0.39 is 6.10 Å². The van der Waals surface area contributed by atoms with Crippen molar-refractivity contribution in [1.82, 2.24) is 5.32 Å². The monoisotopic (exact) mass is 393 g/mol. The van der Waals surface area contributed by atoms with Crippen LogP contribution in [-0.4, -0.2) is 30.1 Å². The molecule has 0 aromatic heterocycles. The zero-order valence-electron chi connectivity index (χ0n) is 16.2. The number of hydrogen-bond acceptors (Lipinski definition) is 4. The Kier molecular flexibility index (Phi) is 6.20. The van der Waals surface area contributed by atoms with Gasteiger partial charge in [0.2, 0.25) is 0 Å². The van der Waals surface area contributed by atoms with Crippen LogP contribution in [0.5, 0.6) is 5.75 Å². The molecule has 3 nitrogen and oxygen atoms in total. The Morgan fingerprint density at radius 1 is 1.04 bits per heavy atom. The highest BCUT2D eigenvalue weighted by atomic mass is 32.2. The molecule has 0 aliphatic carbocycles. The van der Waals surface area contributed by atoms with E-state index >= 15 is 0 Å². The molecule has 2 N–H and O–H groups in total. The Balaban J connectivity index is 1.28. The molecule has 0 fully saturated rings. The third-order valence-corrected chi connectivity index (χ3v) is 6.38. The maximum atomic E-state index is 10.7. The molecule has 0 saturated carbocycles. The first-order valence-electron chi connectivity index (χ1n) is 9.93. The van der Waals surface area contributed by atoms with Crippen molar-refractivity contribution in [3.05, 3.63) is 77.4 Å². The highest BCUT2D eigenvalue weighted by Crippen LogP contribution is 2.28. The predicted molar refractivity (Wildman–Crippen MR) is 118 cm³/mol. The molecule has 28 heavy (non-hydrogen) atoms. The van der Waals surface area contributed by atoms with Gasteiger partial charge in [-0.2, -0.15) is 11.8 Å². The third kappa shape index (κ3) is 4.52. The van der Waals surface area contributed by atoms with E-state index in [1.807, 2.05) is 36.9 Å². The summed E-state index contributed by atoms with van der Waals surface area (Å²) < 4.78 is 5.88. The maximum absolute atomic E-state index is 10.7. The molecule has 1 heterocycles. The summed E-state index contributed by atoms with van der Waals surface area (Å²) in [6, 6.07) is 20.8. The molecule has 4 heteroatoms. The number of nitrogens with one attached hydrogen (secondary N) is 1. The van der Waals surface area contributed by atoms with E-state index in [1.54, 1.807) is 0 Å². The van der Waals surface area contributed by atoms with Gasteiger partial charge >= 0.3 is 0 Å². The summed E-state index contributed by atoms with van der Waals surface area (Å²) in [5, 5.41) is 16.5. The predicted octanol–water partition coefficient (Wildman–Crippen LogP) is 4.72. The number of hydrogen-bond donors (Lipinski definition) is 2. The highest BCUT2D eigenvalue weighted by molar-refractivity contribution is 7.98. The summed E-state index contributed by atoms with van der Waals surface area (Å²) >= 11 is 1.98. The molecule has 0 radical (unpaired) electrons. The molecule has 1 aliphatic rings. The van der Waals surface area contributed by atoms with Gasteiger partial charge in [-0.15, -0.1) is 0 Å². The molecule has 2 atom stereocenters. The average molecular weight is 394 g/mol. The first-order valence-corrected chi connectivity index (χ1v) is 11.1. The summed E-state index contributed by atoms with van der Waals surface area (Å²) in [4.78, 5) is 0. The van der Waals surface area contributed by atoms with Crippen molar-refractivity contribution >= 4 is 22.5 Å². The van der Waals surface area contributed by atoms with E-state index in [9.17, 15) is 5.11 Å². The zero-order valence-corrected chi connectivity index (χ0v) is 17.0. The number of ether oxygens (including phenoxy) is 1. The molecule has 4 rings (SSSR count). The minimum Gasteiger partial charge on any atom is -0.492 e. The Labute approximate surface area is 171 Å². The van der Waals surface area contributed by atoms with Crippen LogP contribution < -0.4 is 10.1 Å². The topological polar surface area (TPSA) is 41.5 Å². The van der Waals surface area contributed by atoms with Gasteiger partial charge in [0, 0.05) is 18.3 Å². The van der Waals surface area contributed by atoms with E-state index in [0.29, 0.717) is 13.2 Å². The van der Waals surface area contributed by atoms with Crippen molar-refractivity contribution in [2.24, 2.45) is 0 Å². The number of aryl methyl sites for hydroxylation is 1. The van der Waals surface area contributed by atoms with Crippen LogP contribution in [0.15, 0.2) is 60.7 Å². The summed E-state index contributed by atoms with van der Waals surface area (Å²) in [5.41, 5.74) is 3.81. The molecule has 3 aromatic rings. The molecule has 0 bridgehead atoms. The van der Waals surface area contributed by atoms with Gasteiger partial charge in [0.1, 0.15) is 12.4 Å². The number of thioether (sulfide) groups is 1. The van der Waals surface area contributed by atoms with Crippen molar-refractivity contribution in [1.29, 1.82) is 0 Å². The molecular formula is C24H27NO2S. The molecule has 2 unspecified atom stereocenters. The van der Waals surface area contributed by atoms with Crippen LogP contribution in [0.3, 0.4) is 0 Å². The van der Waals surface area contributed by atoms with Crippen molar-refractivity contribution in [3.8, 4) is 5.75 Å². The van der Waals surface area contributed by atoms with Crippen LogP contribution in [0.4, 0.5) is 0 Å². The Hall–Kier alpha value is -2.01. The summed E-state index contributed by atoms with van der Waals surface area (Å²) in [6.45, 7) is 3.28. The summed E-state index contributed by atoms with van der Waals surface area (Å²) in [5.74, 6) is 3.14. The van der Waals surface area contributed by atoms with Gasteiger partial charge in [-0.25, -0.2) is 0 Å². The van der Waals surface area contributed by atoms with E-state index in [2.05, 4.69) is 47.8 Å². The van der Waals surface area contributed by atoms with Gasteiger partial charge < -0.3 is 15.2 Å². The van der Waals surface area contributed by atoms with Crippen LogP contribution in [0.2, 0.25) is 0 Å². The molecular weight excluding hydrogens is 366 g/mol. The SMILES string of the molecule is CC(NCCOc1ccc2ccccc2c1)C(O)c1ccc2c(c1)CCSC2. The quantitative estimate of drug-likeness (QED) is 0.570. The molecule has 1 aliphatic heterocycles. The van der Waals surface area contributed by atoms with Crippen LogP contribution in [-0.2, 0) is 12.2 Å². The first kappa shape index (κ1) is 19.3. The largest absolute Gasteiger partial charge is 0.492 e. The number of rotatable bonds is 7. The Bertz CT molecular complexity index is 943. The van der Waals surface area contributed by atoms with E-state index in [1.165, 1.54) is 27.7 Å². The molecule has 3 aromatic carbocycles. The van der Waals surface area contributed by atoms with Crippen molar-refractivity contribution in [2.75, 3.05) is 18.9 Å². The fraction of sp³-hybridized carbons (Fsp3) is 0.333. The van der Waals surface area contributed by atoms with E-state index in [-0.39, 0.29) is 6.04 Å². The first-order chi connectivity index (χ1) is 13.7. The third-order valence-electron chi connectivity index (χ3n) is 5.38. The van der Waals surface area contributed by atoms with Crippen LogP contribution in [0.25, 0.3) is 10.8 Å². The second-order valence-corrected chi connectivity index (χ2v) is 8.48. The Morgan fingerprint density at radius 2 is 1.89 bits per heavy atom. The Morgan fingerprint density at radius 3 is 2.79 bits per heavy atom. The maximum Gasteiger partial charge on any atom is 0.120 e. The normalized spacial score (nSPS) is 15.8. The number of fused-ring (bicyclic) bond motifs is 2. The van der Waals surface area contributed by atoms with Gasteiger partial charge in [0.25, 0.3) is 0 Å². The molecule has 0 amide bonds. The second kappa shape index (κ2) is 8.99. The average Bonchev–Trinajstić information content (AvgIpc) is 2.75. The molecule has 0 spiro atoms. The minimum atomic E-state index is -0.513. The molecule has 146 valence electrons. The highest BCUT2D eigenvalue weighted by Gasteiger charge is 2.18. The van der Waals surface area contributed by atoms with E-state index in [4.69, 9.17) is 4.74 Å². The summed E-state index contributed by atoms with van der Waals surface area (Å²) in [6.07, 6.45) is 0.586. The van der Waals surface area contributed by atoms with Gasteiger partial charge in [-0.3, -0.25) is 0 Å². The lowest BCUT2D eigenvalue weighted by atomic mass is 9.97. The number of benzene rings is 3. The van der Waals surface area contributed by atoms with Gasteiger partial charge in [-0.05, 0) is 58.7 Å². The van der Waals surface area contributed by atoms with Gasteiger partial charge in [0.05, 0.1) is 6.10 Å². The fourth-order valence-corrected chi connectivity index (χ4v) is 4.69. The lowest BCUT2D eigenvalue weighted by Gasteiger charge is -2.23. The fourth-order valence-electron chi connectivity index (χ4n) is 3.68. The molecule has 0 saturated heterocycles. The van der Waals surface area contributed by atoms with Crippen LogP contribution in [0, 0.1) is 0 Å². The van der Waals surface area contributed by atoms with Gasteiger partial charge in [0.15, 0.2) is 0 Å². The number of aliphatic hydroxyl groups excluding tert-OH is 1. The zero-order chi connectivity index (χ0) is 19.3. The minimum absolute atomic E-state index is 0.0313. The lowest BCUT2D eigenvalue weighted by molar-refractivity contribution is 0.133. The number of aliphatic hydroxyl groups is 1. The van der Waals surface area contributed by atoms with Crippen molar-refractivity contribution in [2.45, 2.75) is 31.2 Å². The van der Waals surface area contributed by atoms with Crippen molar-refractivity contribution < 1.29 is 9.84 Å². The smallest absolute Gasteiger partial charge is 0.120 e. The summed E-state index contributed by atoms with van der Waals surface area (Å²) in [7, 11) is 0. The van der Waals surface area contributed by atoms with E-state index in [0.717, 1.165) is 23.5 Å². The van der Waals surface area contributed by atoms with Crippen LogP contribution in [0.1, 0.15) is 29.7 Å². The van der Waals surface area contributed by atoms with Crippen LogP contribution >= 0.6 is 11.8 Å². The van der Waals surface area contributed by atoms with Gasteiger partial charge in [-0.1, -0.05) is 48.5 Å². The standard InChI is InChI=1S/C24H27NO2S/c1-17(24(26)21-6-7-22-16-28-13-10-20(22)14-21)25-11-12-27-23-9-8-18-4-2-3-5-19(18)15-23/h2-9,14-15,17,24-26H,10-13,16H2,1H3. The second-order valence-electron chi connectivity index (χ2n) is 7.38. The lowest BCUT2D eigenvalue weighted by Crippen LogP contribution is -2.35. The van der Waals surface area contributed by atoms with Crippen molar-refractivity contribution in [3.63, 3.8) is 0 Å².